The first-order chi connectivity index (χ1) is 18.0. The fourth-order valence-electron chi connectivity index (χ4n) is 4.91. The predicted molar refractivity (Wildman–Crippen MR) is 139 cm³/mol. The number of nitrogens with zero attached hydrogens (tertiary/aromatic N) is 6. The van der Waals surface area contributed by atoms with E-state index in [-0.39, 0.29) is 11.6 Å². The summed E-state index contributed by atoms with van der Waals surface area (Å²) in [6.07, 6.45) is 10.1. The van der Waals surface area contributed by atoms with Gasteiger partial charge in [0.05, 0.1) is 24.5 Å². The molecule has 188 valence electrons. The Hall–Kier alpha value is -3.89. The summed E-state index contributed by atoms with van der Waals surface area (Å²) >= 11 is 6.77. The van der Waals surface area contributed by atoms with Crippen molar-refractivity contribution in [2.75, 3.05) is 5.32 Å². The van der Waals surface area contributed by atoms with Gasteiger partial charge >= 0.3 is 0 Å². The molecule has 7 rings (SSSR count). The Balaban J connectivity index is 1.26. The number of hydrogen-bond donors (Lipinski definition) is 2. The van der Waals surface area contributed by atoms with Crippen molar-refractivity contribution >= 4 is 39.9 Å². The lowest BCUT2D eigenvalue weighted by Crippen LogP contribution is -2.39. The van der Waals surface area contributed by atoms with Crippen LogP contribution in [0.5, 0.6) is 11.5 Å². The van der Waals surface area contributed by atoms with Crippen molar-refractivity contribution in [2.45, 2.75) is 43.7 Å². The molecule has 0 amide bonds. The first kappa shape index (κ1) is 22.3. The Labute approximate surface area is 216 Å². The van der Waals surface area contributed by atoms with E-state index in [0.717, 1.165) is 30.3 Å². The summed E-state index contributed by atoms with van der Waals surface area (Å²) in [4.78, 5) is 22.4. The average molecular weight is 518 g/mol. The van der Waals surface area contributed by atoms with Crippen molar-refractivity contribution in [1.82, 2.24) is 28.7 Å². The number of ether oxygens (including phenoxy) is 1. The van der Waals surface area contributed by atoms with E-state index in [9.17, 15) is 9.90 Å². The van der Waals surface area contributed by atoms with Gasteiger partial charge in [-0.15, -0.1) is 0 Å². The maximum atomic E-state index is 13.4. The Morgan fingerprint density at radius 3 is 2.78 bits per heavy atom. The standard InChI is InChI=1S/C26H24ClN7O3/c1-32-23-22(27)21(37-20-12-29-34-9-3-2-4-18(20)34)11-28-24(23)31-26(32)30-16-10-15(14-5-6-14)13-33(25(16)36)17-7-8-19(17)35/h2-4,9-14,17,19,35H,5-8H2,1H3,(H,28,30,31). The number of aliphatic hydroxyl groups excluding tert-OH is 1. The third-order valence-electron chi connectivity index (χ3n) is 7.34. The highest BCUT2D eigenvalue weighted by atomic mass is 35.5. The quantitative estimate of drug-likeness (QED) is 0.340. The maximum absolute atomic E-state index is 13.4. The number of aromatic nitrogens is 6. The highest BCUT2D eigenvalue weighted by Crippen LogP contribution is 2.42. The lowest BCUT2D eigenvalue weighted by molar-refractivity contribution is 0.0299. The summed E-state index contributed by atoms with van der Waals surface area (Å²) < 4.78 is 11.2. The minimum absolute atomic E-state index is 0.184. The largest absolute Gasteiger partial charge is 0.450 e. The number of anilines is 2. The van der Waals surface area contributed by atoms with Crippen molar-refractivity contribution in [2.24, 2.45) is 7.05 Å². The number of aliphatic hydroxyl groups is 1. The van der Waals surface area contributed by atoms with E-state index in [4.69, 9.17) is 16.3 Å². The van der Waals surface area contributed by atoms with Gasteiger partial charge in [-0.2, -0.15) is 10.1 Å². The number of fused-ring (bicyclic) bond motifs is 2. The van der Waals surface area contributed by atoms with Crippen LogP contribution in [0.15, 0.2) is 53.8 Å². The van der Waals surface area contributed by atoms with Crippen molar-refractivity contribution in [3.63, 3.8) is 0 Å². The van der Waals surface area contributed by atoms with Crippen LogP contribution in [-0.4, -0.2) is 39.9 Å². The smallest absolute Gasteiger partial charge is 0.274 e. The highest BCUT2D eigenvalue weighted by molar-refractivity contribution is 6.36. The SMILES string of the molecule is Cn1c(Nc2cc(C3CC3)cn(C3CCC3O)c2=O)nc2ncc(Oc3cnn4ccccc34)c(Cl)c21. The van der Waals surface area contributed by atoms with Gasteiger partial charge in [0.15, 0.2) is 17.1 Å². The second-order valence-electron chi connectivity index (χ2n) is 9.76. The van der Waals surface area contributed by atoms with Gasteiger partial charge in [0.2, 0.25) is 5.95 Å². The topological polar surface area (TPSA) is 112 Å². The molecule has 10 nitrogen and oxygen atoms in total. The summed E-state index contributed by atoms with van der Waals surface area (Å²) in [6.45, 7) is 0. The van der Waals surface area contributed by atoms with Gasteiger partial charge in [-0.05, 0) is 55.4 Å². The molecule has 2 aliphatic rings. The molecule has 0 aliphatic heterocycles. The van der Waals surface area contributed by atoms with Crippen molar-refractivity contribution in [1.29, 1.82) is 0 Å². The number of pyridine rings is 3. The first-order valence-electron chi connectivity index (χ1n) is 12.3. The number of imidazole rings is 1. The van der Waals surface area contributed by atoms with Crippen LogP contribution in [0.3, 0.4) is 0 Å². The van der Waals surface area contributed by atoms with Crippen LogP contribution in [0.4, 0.5) is 11.6 Å². The molecule has 0 spiro atoms. The maximum Gasteiger partial charge on any atom is 0.274 e. The van der Waals surface area contributed by atoms with Gasteiger partial charge in [0.25, 0.3) is 5.56 Å². The molecule has 5 aromatic rings. The minimum atomic E-state index is -0.495. The third kappa shape index (κ3) is 3.67. The molecule has 2 unspecified atom stereocenters. The molecule has 2 fully saturated rings. The highest BCUT2D eigenvalue weighted by Gasteiger charge is 2.33. The van der Waals surface area contributed by atoms with E-state index in [0.29, 0.717) is 51.7 Å². The summed E-state index contributed by atoms with van der Waals surface area (Å²) in [5.41, 5.74) is 3.13. The zero-order valence-corrected chi connectivity index (χ0v) is 20.8. The molecule has 11 heteroatoms. The van der Waals surface area contributed by atoms with E-state index in [2.05, 4.69) is 20.4 Å². The van der Waals surface area contributed by atoms with Crippen molar-refractivity contribution in [3.8, 4) is 11.5 Å². The number of rotatable bonds is 6. The van der Waals surface area contributed by atoms with Crippen LogP contribution in [0.25, 0.3) is 16.7 Å². The van der Waals surface area contributed by atoms with Crippen LogP contribution in [0, 0.1) is 0 Å². The van der Waals surface area contributed by atoms with Crippen LogP contribution >= 0.6 is 11.6 Å². The molecule has 2 aliphatic carbocycles. The van der Waals surface area contributed by atoms with Gasteiger partial charge in [0, 0.05) is 19.4 Å². The zero-order chi connectivity index (χ0) is 25.3. The molecule has 5 aromatic heterocycles. The number of halogens is 1. The summed E-state index contributed by atoms with van der Waals surface area (Å²) in [5.74, 6) is 1.81. The van der Waals surface area contributed by atoms with E-state index in [1.807, 2.05) is 43.7 Å². The predicted octanol–water partition coefficient (Wildman–Crippen LogP) is 4.54. The second kappa shape index (κ2) is 8.32. The summed E-state index contributed by atoms with van der Waals surface area (Å²) in [7, 11) is 1.81. The number of hydrogen-bond acceptors (Lipinski definition) is 7. The van der Waals surface area contributed by atoms with Crippen LogP contribution in [0.2, 0.25) is 5.02 Å². The molecule has 37 heavy (non-hydrogen) atoms. The fourth-order valence-corrected chi connectivity index (χ4v) is 5.21. The minimum Gasteiger partial charge on any atom is -0.450 e. The van der Waals surface area contributed by atoms with E-state index in [1.54, 1.807) is 19.8 Å². The number of nitrogens with one attached hydrogen (secondary N) is 1. The molecule has 0 bridgehead atoms. The van der Waals surface area contributed by atoms with Gasteiger partial charge in [0.1, 0.15) is 21.7 Å². The Morgan fingerprint density at radius 2 is 2.03 bits per heavy atom. The zero-order valence-electron chi connectivity index (χ0n) is 20.0. The van der Waals surface area contributed by atoms with Crippen molar-refractivity contribution in [3.05, 3.63) is 70.0 Å². The molecule has 0 aromatic carbocycles. The van der Waals surface area contributed by atoms with Crippen molar-refractivity contribution < 1.29 is 9.84 Å². The van der Waals surface area contributed by atoms with E-state index >= 15 is 0 Å². The third-order valence-corrected chi connectivity index (χ3v) is 7.70. The molecule has 2 atom stereocenters. The second-order valence-corrected chi connectivity index (χ2v) is 10.1. The van der Waals surface area contributed by atoms with E-state index in [1.165, 1.54) is 6.20 Å². The molecule has 0 saturated heterocycles. The van der Waals surface area contributed by atoms with Crippen LogP contribution < -0.4 is 15.6 Å². The normalized spacial score (nSPS) is 19.3. The summed E-state index contributed by atoms with van der Waals surface area (Å²) in [5, 5.41) is 18.1. The van der Waals surface area contributed by atoms with Crippen LogP contribution in [-0.2, 0) is 7.05 Å². The van der Waals surface area contributed by atoms with Gasteiger partial charge in [-0.1, -0.05) is 17.7 Å². The Kier molecular flexibility index (Phi) is 5.02. The lowest BCUT2D eigenvalue weighted by atomic mass is 9.88. The van der Waals surface area contributed by atoms with Gasteiger partial charge in [-0.3, -0.25) is 4.79 Å². The molecular weight excluding hydrogens is 494 g/mol. The van der Waals surface area contributed by atoms with Gasteiger partial charge < -0.3 is 24.3 Å². The fraction of sp³-hybridized carbons (Fsp3) is 0.308. The lowest BCUT2D eigenvalue weighted by Gasteiger charge is -2.34. The molecule has 2 N–H and O–H groups in total. The summed E-state index contributed by atoms with van der Waals surface area (Å²) in [6, 6.07) is 7.40. The first-order valence-corrected chi connectivity index (χ1v) is 12.7. The monoisotopic (exact) mass is 517 g/mol. The number of aryl methyl sites for hydroxylation is 1. The molecule has 2 saturated carbocycles. The average Bonchev–Trinajstić information content (AvgIpc) is 3.59. The van der Waals surface area contributed by atoms with Crippen LogP contribution in [0.1, 0.15) is 43.2 Å². The molecule has 5 heterocycles. The Morgan fingerprint density at radius 1 is 1.16 bits per heavy atom. The van der Waals surface area contributed by atoms with Gasteiger partial charge in [-0.25, -0.2) is 9.50 Å². The van der Waals surface area contributed by atoms with E-state index < -0.39 is 6.10 Å². The Bertz CT molecular complexity index is 1740. The molecule has 0 radical (unpaired) electrons. The molecular formula is C26H24ClN7O3.